The van der Waals surface area contributed by atoms with Crippen molar-refractivity contribution in [2.75, 3.05) is 5.32 Å². The van der Waals surface area contributed by atoms with Crippen LogP contribution in [0.5, 0.6) is 0 Å². The summed E-state index contributed by atoms with van der Waals surface area (Å²) >= 11 is 0. The predicted molar refractivity (Wildman–Crippen MR) is 108 cm³/mol. The van der Waals surface area contributed by atoms with Crippen LogP contribution in [0.15, 0.2) is 35.2 Å². The minimum Gasteiger partial charge on any atom is -0.436 e. The summed E-state index contributed by atoms with van der Waals surface area (Å²) in [6.45, 7) is 0. The monoisotopic (exact) mass is 364 g/mol. The Balaban J connectivity index is 1.67. The SMILES string of the molecule is c1ccc(C2=N[B-](C3CCCCC3)(C3CCCCC3)[n+]3[nH]nnc3N2)cc1. The molecule has 0 spiro atoms. The van der Waals surface area contributed by atoms with Crippen LogP contribution in [0.3, 0.4) is 0 Å². The molecule has 0 saturated heterocycles. The topological polar surface area (TPSA) is 69.8 Å². The number of rotatable bonds is 3. The fraction of sp³-hybridized carbons (Fsp3) is 0.600. The quantitative estimate of drug-likeness (QED) is 0.811. The first-order valence-corrected chi connectivity index (χ1v) is 10.8. The number of H-pyrrole nitrogens is 1. The van der Waals surface area contributed by atoms with Crippen molar-refractivity contribution in [1.29, 1.82) is 0 Å². The highest BCUT2D eigenvalue weighted by atomic mass is 15.6. The lowest BCUT2D eigenvalue weighted by molar-refractivity contribution is -0.605. The third-order valence-electron chi connectivity index (χ3n) is 7.24. The van der Waals surface area contributed by atoms with Gasteiger partial charge in [-0.2, -0.15) is 0 Å². The number of aromatic amines is 1. The zero-order chi connectivity index (χ0) is 18.1. The van der Waals surface area contributed by atoms with Crippen molar-refractivity contribution >= 4 is 18.2 Å². The second kappa shape index (κ2) is 7.10. The molecule has 2 saturated carbocycles. The molecule has 2 fully saturated rings. The maximum Gasteiger partial charge on any atom is 0.363 e. The Hall–Kier alpha value is -2.18. The lowest BCUT2D eigenvalue weighted by Crippen LogP contribution is -2.73. The first kappa shape index (κ1) is 17.0. The van der Waals surface area contributed by atoms with Crippen LogP contribution < -0.4 is 9.91 Å². The number of hydrogen-bond acceptors (Lipinski definition) is 4. The Morgan fingerprint density at radius 1 is 0.852 bits per heavy atom. The van der Waals surface area contributed by atoms with E-state index >= 15 is 0 Å². The van der Waals surface area contributed by atoms with Gasteiger partial charge in [-0.1, -0.05) is 94.5 Å². The van der Waals surface area contributed by atoms with Gasteiger partial charge in [0.15, 0.2) is 0 Å². The Bertz CT molecular complexity index is 787. The van der Waals surface area contributed by atoms with E-state index in [1.165, 1.54) is 64.2 Å². The third-order valence-corrected chi connectivity index (χ3v) is 7.24. The Kier molecular flexibility index (Phi) is 4.46. The second-order valence-electron chi connectivity index (χ2n) is 8.66. The average molecular weight is 364 g/mol. The molecule has 0 atom stereocenters. The standard InChI is InChI=1S/C20H29BN6/c1-4-10-16(11-5-1)19-22-20-24-25-26-27(20)21(23-19,17-12-6-2-7-13-17)18-14-8-3-9-15-18/h1,4-5,10-11,17-18H,2-3,6-9,12-15H2,(H2,22,23,24,25,26). The fourth-order valence-corrected chi connectivity index (χ4v) is 6.00. The summed E-state index contributed by atoms with van der Waals surface area (Å²) in [5.41, 5.74) is 1.14. The lowest BCUT2D eigenvalue weighted by Gasteiger charge is -2.51. The number of nitrogens with zero attached hydrogens (tertiary/aromatic N) is 4. The molecular formula is C20H29BN6. The molecule has 0 unspecified atom stereocenters. The molecule has 0 amide bonds. The second-order valence-corrected chi connectivity index (χ2v) is 8.66. The highest BCUT2D eigenvalue weighted by molar-refractivity contribution is 6.75. The van der Waals surface area contributed by atoms with Crippen LogP contribution in [0, 0.1) is 0 Å². The average Bonchev–Trinajstić information content (AvgIpc) is 3.24. The lowest BCUT2D eigenvalue weighted by atomic mass is 9.27. The van der Waals surface area contributed by atoms with E-state index in [9.17, 15) is 0 Å². The van der Waals surface area contributed by atoms with E-state index < -0.39 is 6.42 Å². The highest BCUT2D eigenvalue weighted by Crippen LogP contribution is 2.48. The maximum atomic E-state index is 5.56. The predicted octanol–water partition coefficient (Wildman–Crippen LogP) is 3.92. The van der Waals surface area contributed by atoms with Crippen molar-refractivity contribution < 1.29 is 4.59 Å². The minimum absolute atomic E-state index is 0.605. The van der Waals surface area contributed by atoms with Gasteiger partial charge in [0.2, 0.25) is 0 Å². The van der Waals surface area contributed by atoms with Gasteiger partial charge in [0.05, 0.1) is 5.10 Å². The first-order valence-electron chi connectivity index (χ1n) is 10.8. The largest absolute Gasteiger partial charge is 0.436 e. The number of tetrazole rings is 1. The molecule has 2 N–H and O–H groups in total. The molecule has 3 aliphatic rings. The van der Waals surface area contributed by atoms with Gasteiger partial charge in [-0.15, -0.1) is 16.8 Å². The molecule has 27 heavy (non-hydrogen) atoms. The van der Waals surface area contributed by atoms with E-state index in [4.69, 9.17) is 4.90 Å². The van der Waals surface area contributed by atoms with Gasteiger partial charge in [0, 0.05) is 5.56 Å². The van der Waals surface area contributed by atoms with Gasteiger partial charge in [0.1, 0.15) is 11.0 Å². The summed E-state index contributed by atoms with van der Waals surface area (Å²) in [5.74, 6) is 3.02. The van der Waals surface area contributed by atoms with Gasteiger partial charge in [-0.3, -0.25) is 0 Å². The van der Waals surface area contributed by atoms with Crippen LogP contribution in [-0.2, 0) is 0 Å². The number of anilines is 1. The number of benzene rings is 1. The third kappa shape index (κ3) is 2.88. The van der Waals surface area contributed by atoms with E-state index in [1.807, 2.05) is 0 Å². The van der Waals surface area contributed by atoms with Crippen molar-refractivity contribution in [1.82, 2.24) is 15.5 Å². The van der Waals surface area contributed by atoms with Crippen molar-refractivity contribution in [3.05, 3.63) is 35.9 Å². The van der Waals surface area contributed by atoms with Crippen LogP contribution in [-0.4, -0.2) is 27.8 Å². The number of fused-ring (bicyclic) bond motifs is 1. The molecule has 142 valence electrons. The van der Waals surface area contributed by atoms with Crippen molar-refractivity contribution in [2.24, 2.45) is 4.90 Å². The summed E-state index contributed by atoms with van der Waals surface area (Å²) in [4.78, 5) is 5.56. The molecule has 1 aliphatic heterocycles. The molecule has 2 heterocycles. The summed E-state index contributed by atoms with van der Waals surface area (Å²) in [6.07, 6.45) is 11.9. The molecule has 0 bridgehead atoms. The van der Waals surface area contributed by atoms with E-state index in [0.29, 0.717) is 11.6 Å². The van der Waals surface area contributed by atoms with Gasteiger partial charge in [-0.25, -0.2) is 5.32 Å². The van der Waals surface area contributed by atoms with E-state index in [1.54, 1.807) is 0 Å². The van der Waals surface area contributed by atoms with Crippen molar-refractivity contribution in [3.8, 4) is 0 Å². The summed E-state index contributed by atoms with van der Waals surface area (Å²) < 4.78 is 2.23. The molecule has 2 aromatic rings. The smallest absolute Gasteiger partial charge is 0.363 e. The molecule has 7 heteroatoms. The molecular weight excluding hydrogens is 335 g/mol. The summed E-state index contributed by atoms with van der Waals surface area (Å²) in [5, 5.41) is 15.3. The van der Waals surface area contributed by atoms with Gasteiger partial charge < -0.3 is 9.50 Å². The molecule has 5 rings (SSSR count). The van der Waals surface area contributed by atoms with Gasteiger partial charge in [-0.05, 0) is 0 Å². The van der Waals surface area contributed by atoms with Gasteiger partial charge >= 0.3 is 5.95 Å². The number of amidine groups is 1. The highest BCUT2D eigenvalue weighted by Gasteiger charge is 2.50. The molecule has 2 aliphatic carbocycles. The molecule has 1 aromatic carbocycles. The summed E-state index contributed by atoms with van der Waals surface area (Å²) in [6, 6.07) is 10.5. The van der Waals surface area contributed by atoms with Gasteiger partial charge in [0.25, 0.3) is 6.42 Å². The number of nitrogens with one attached hydrogen (secondary N) is 2. The molecule has 6 nitrogen and oxygen atoms in total. The Morgan fingerprint density at radius 3 is 2.11 bits per heavy atom. The maximum absolute atomic E-state index is 5.56. The summed E-state index contributed by atoms with van der Waals surface area (Å²) in [7, 11) is 0. The van der Waals surface area contributed by atoms with E-state index in [0.717, 1.165) is 17.3 Å². The normalized spacial score (nSPS) is 23.3. The number of hydrogen-bond donors (Lipinski definition) is 2. The molecule has 0 radical (unpaired) electrons. The fourth-order valence-electron chi connectivity index (χ4n) is 6.00. The van der Waals surface area contributed by atoms with Crippen LogP contribution in [0.1, 0.15) is 69.8 Å². The minimum atomic E-state index is -1.16. The van der Waals surface area contributed by atoms with Crippen LogP contribution in [0.2, 0.25) is 11.6 Å². The van der Waals surface area contributed by atoms with Crippen molar-refractivity contribution in [3.63, 3.8) is 0 Å². The number of aromatic nitrogens is 4. The zero-order valence-corrected chi connectivity index (χ0v) is 16.0. The van der Waals surface area contributed by atoms with Crippen LogP contribution >= 0.6 is 0 Å². The van der Waals surface area contributed by atoms with E-state index in [2.05, 4.69) is 55.8 Å². The zero-order valence-electron chi connectivity index (χ0n) is 16.0. The Labute approximate surface area is 160 Å². The molecule has 1 aromatic heterocycles. The van der Waals surface area contributed by atoms with Crippen molar-refractivity contribution in [2.45, 2.75) is 75.8 Å². The van der Waals surface area contributed by atoms with E-state index in [-0.39, 0.29) is 0 Å². The van der Waals surface area contributed by atoms with Crippen LogP contribution in [0.4, 0.5) is 5.95 Å². The Morgan fingerprint density at radius 2 is 1.48 bits per heavy atom. The first-order chi connectivity index (χ1) is 13.4. The van der Waals surface area contributed by atoms with Crippen LogP contribution in [0.25, 0.3) is 0 Å².